The van der Waals surface area contributed by atoms with Crippen molar-refractivity contribution >= 4 is 0 Å². The number of phenols is 2. The predicted molar refractivity (Wildman–Crippen MR) is 75.8 cm³/mol. The average Bonchev–Trinajstić information content (AvgIpc) is 2.38. The van der Waals surface area contributed by atoms with Crippen LogP contribution in [0.5, 0.6) is 17.2 Å². The number of hydrogen-bond acceptors (Lipinski definition) is 3. The zero-order valence-electron chi connectivity index (χ0n) is 11.3. The maximum atomic E-state index is 9.98. The molecule has 2 rings (SSSR count). The molecule has 0 aliphatic rings. The summed E-state index contributed by atoms with van der Waals surface area (Å²) in [6.45, 7) is 4.23. The topological polar surface area (TPSA) is 49.7 Å². The van der Waals surface area contributed by atoms with Gasteiger partial charge >= 0.3 is 0 Å². The van der Waals surface area contributed by atoms with Crippen LogP contribution in [0.3, 0.4) is 0 Å². The van der Waals surface area contributed by atoms with E-state index in [9.17, 15) is 10.2 Å². The van der Waals surface area contributed by atoms with E-state index in [2.05, 4.69) is 13.8 Å². The normalized spacial score (nSPS) is 10.7. The molecule has 0 aliphatic heterocycles. The van der Waals surface area contributed by atoms with Gasteiger partial charge in [0.05, 0.1) is 7.11 Å². The second-order valence-electron chi connectivity index (χ2n) is 4.82. The van der Waals surface area contributed by atoms with Crippen LogP contribution in [0.1, 0.15) is 25.3 Å². The summed E-state index contributed by atoms with van der Waals surface area (Å²) in [5.74, 6) is 1.17. The van der Waals surface area contributed by atoms with E-state index in [1.807, 2.05) is 18.2 Å². The number of methoxy groups -OCH3 is 1. The van der Waals surface area contributed by atoms with Gasteiger partial charge in [-0.3, -0.25) is 0 Å². The Bertz CT molecular complexity index is 589. The molecule has 100 valence electrons. The minimum Gasteiger partial charge on any atom is -0.508 e. The van der Waals surface area contributed by atoms with Crippen LogP contribution < -0.4 is 4.74 Å². The van der Waals surface area contributed by atoms with Crippen molar-refractivity contribution in [3.8, 4) is 28.4 Å². The third-order valence-corrected chi connectivity index (χ3v) is 3.16. The maximum absolute atomic E-state index is 9.98. The second-order valence-corrected chi connectivity index (χ2v) is 4.82. The van der Waals surface area contributed by atoms with Crippen LogP contribution in [0, 0.1) is 0 Å². The van der Waals surface area contributed by atoms with Gasteiger partial charge in [-0.05, 0) is 35.7 Å². The van der Waals surface area contributed by atoms with Crippen LogP contribution in [-0.4, -0.2) is 17.3 Å². The molecule has 0 bridgehead atoms. The average molecular weight is 258 g/mol. The van der Waals surface area contributed by atoms with Crippen LogP contribution >= 0.6 is 0 Å². The highest BCUT2D eigenvalue weighted by molar-refractivity contribution is 5.77. The van der Waals surface area contributed by atoms with Crippen LogP contribution in [-0.2, 0) is 0 Å². The van der Waals surface area contributed by atoms with Crippen molar-refractivity contribution in [3.63, 3.8) is 0 Å². The number of benzene rings is 2. The van der Waals surface area contributed by atoms with Crippen molar-refractivity contribution in [2.24, 2.45) is 0 Å². The summed E-state index contributed by atoms with van der Waals surface area (Å²) in [6.07, 6.45) is 0. The molecule has 3 heteroatoms. The van der Waals surface area contributed by atoms with Crippen LogP contribution in [0.2, 0.25) is 0 Å². The number of hydrogen-bond donors (Lipinski definition) is 2. The zero-order valence-corrected chi connectivity index (χ0v) is 11.3. The molecule has 0 fully saturated rings. The fraction of sp³-hybridized carbons (Fsp3) is 0.250. The van der Waals surface area contributed by atoms with E-state index >= 15 is 0 Å². The van der Waals surface area contributed by atoms with Gasteiger partial charge in [0.2, 0.25) is 0 Å². The minimum absolute atomic E-state index is 0.0409. The molecule has 3 nitrogen and oxygen atoms in total. The van der Waals surface area contributed by atoms with Crippen molar-refractivity contribution in [2.75, 3.05) is 7.11 Å². The zero-order chi connectivity index (χ0) is 14.0. The van der Waals surface area contributed by atoms with Gasteiger partial charge < -0.3 is 14.9 Å². The van der Waals surface area contributed by atoms with E-state index in [4.69, 9.17) is 4.74 Å². The second kappa shape index (κ2) is 5.22. The molecule has 0 saturated heterocycles. The lowest BCUT2D eigenvalue weighted by Crippen LogP contribution is -1.93. The fourth-order valence-corrected chi connectivity index (χ4v) is 2.04. The van der Waals surface area contributed by atoms with Gasteiger partial charge in [0.15, 0.2) is 0 Å². The summed E-state index contributed by atoms with van der Waals surface area (Å²) in [5.41, 5.74) is 2.65. The molecule has 2 aromatic carbocycles. The lowest BCUT2D eigenvalue weighted by atomic mass is 9.96. The van der Waals surface area contributed by atoms with Gasteiger partial charge in [-0.2, -0.15) is 0 Å². The Morgan fingerprint density at radius 2 is 1.68 bits per heavy atom. The Kier molecular flexibility index (Phi) is 3.65. The van der Waals surface area contributed by atoms with E-state index in [1.165, 1.54) is 11.6 Å². The first-order valence-electron chi connectivity index (χ1n) is 6.23. The molecule has 0 saturated carbocycles. The summed E-state index contributed by atoms with van der Waals surface area (Å²) >= 11 is 0. The first-order valence-corrected chi connectivity index (χ1v) is 6.23. The Morgan fingerprint density at radius 1 is 0.947 bits per heavy atom. The van der Waals surface area contributed by atoms with Gasteiger partial charge in [0, 0.05) is 17.2 Å². The monoisotopic (exact) mass is 258 g/mol. The van der Waals surface area contributed by atoms with Crippen molar-refractivity contribution in [3.05, 3.63) is 42.0 Å². The van der Waals surface area contributed by atoms with Crippen molar-refractivity contribution in [2.45, 2.75) is 19.8 Å². The van der Waals surface area contributed by atoms with E-state index in [0.717, 1.165) is 5.56 Å². The Balaban J connectivity index is 2.61. The first-order chi connectivity index (χ1) is 9.02. The summed E-state index contributed by atoms with van der Waals surface area (Å²) in [7, 11) is 1.60. The molecule has 0 atom stereocenters. The van der Waals surface area contributed by atoms with Crippen LogP contribution in [0.4, 0.5) is 0 Å². The summed E-state index contributed by atoms with van der Waals surface area (Å²) < 4.78 is 5.35. The van der Waals surface area contributed by atoms with Crippen molar-refractivity contribution in [1.29, 1.82) is 0 Å². The highest BCUT2D eigenvalue weighted by Gasteiger charge is 2.12. The van der Waals surface area contributed by atoms with Gasteiger partial charge in [0.1, 0.15) is 17.2 Å². The highest BCUT2D eigenvalue weighted by Crippen LogP contribution is 2.38. The van der Waals surface area contributed by atoms with E-state index in [1.54, 1.807) is 19.2 Å². The Labute approximate surface area is 113 Å². The van der Waals surface area contributed by atoms with Gasteiger partial charge in [-0.15, -0.1) is 0 Å². The molecule has 0 spiro atoms. The van der Waals surface area contributed by atoms with E-state index in [0.29, 0.717) is 17.2 Å². The third kappa shape index (κ3) is 2.65. The largest absolute Gasteiger partial charge is 0.508 e. The minimum atomic E-state index is 0.0409. The molecule has 0 radical (unpaired) electrons. The predicted octanol–water partition coefficient (Wildman–Crippen LogP) is 3.90. The molecule has 19 heavy (non-hydrogen) atoms. The number of phenolic OH excluding ortho intramolecular Hbond substituents is 2. The molecule has 0 aromatic heterocycles. The summed E-state index contributed by atoms with van der Waals surface area (Å²) in [5, 5.41) is 19.3. The fourth-order valence-electron chi connectivity index (χ4n) is 2.04. The van der Waals surface area contributed by atoms with Crippen LogP contribution in [0.15, 0.2) is 36.4 Å². The molecule has 0 amide bonds. The smallest absolute Gasteiger partial charge is 0.127 e. The maximum Gasteiger partial charge on any atom is 0.127 e. The molecular formula is C16H18O3. The Hall–Kier alpha value is -2.16. The van der Waals surface area contributed by atoms with Gasteiger partial charge in [-0.25, -0.2) is 0 Å². The molecule has 0 unspecified atom stereocenters. The molecule has 0 heterocycles. The molecular weight excluding hydrogens is 240 g/mol. The van der Waals surface area contributed by atoms with Gasteiger partial charge in [-0.1, -0.05) is 19.9 Å². The molecule has 2 aromatic rings. The number of rotatable bonds is 3. The quantitative estimate of drug-likeness (QED) is 0.878. The summed E-state index contributed by atoms with van der Waals surface area (Å²) in [6, 6.07) is 10.5. The highest BCUT2D eigenvalue weighted by atomic mass is 16.5. The van der Waals surface area contributed by atoms with E-state index in [-0.39, 0.29) is 11.5 Å². The van der Waals surface area contributed by atoms with Crippen molar-refractivity contribution < 1.29 is 14.9 Å². The summed E-state index contributed by atoms with van der Waals surface area (Å²) in [4.78, 5) is 0. The molecule has 0 aliphatic carbocycles. The Morgan fingerprint density at radius 3 is 2.26 bits per heavy atom. The molecule has 2 N–H and O–H groups in total. The SMILES string of the molecule is COc1ccc(C(C)C)cc1-c1ccc(O)cc1O. The van der Waals surface area contributed by atoms with Crippen LogP contribution in [0.25, 0.3) is 11.1 Å². The standard InChI is InChI=1S/C16H18O3/c1-10(2)11-4-7-16(19-3)14(8-11)13-6-5-12(17)9-15(13)18/h4-10,17-18H,1-3H3. The van der Waals surface area contributed by atoms with Gasteiger partial charge in [0.25, 0.3) is 0 Å². The third-order valence-electron chi connectivity index (χ3n) is 3.16. The van der Waals surface area contributed by atoms with Crippen molar-refractivity contribution in [1.82, 2.24) is 0 Å². The number of ether oxygens (including phenoxy) is 1. The lowest BCUT2D eigenvalue weighted by molar-refractivity contribution is 0.415. The lowest BCUT2D eigenvalue weighted by Gasteiger charge is -2.14. The number of aromatic hydroxyl groups is 2. The first kappa shape index (κ1) is 13.3. The van der Waals surface area contributed by atoms with E-state index < -0.39 is 0 Å².